The van der Waals surface area contributed by atoms with Crippen molar-refractivity contribution in [2.24, 2.45) is 61.2 Å². The number of alkyl halides is 2. The van der Waals surface area contributed by atoms with Crippen LogP contribution < -0.4 is 71.8 Å². The number of aliphatic imine (C=N–C) groups is 3. The summed E-state index contributed by atoms with van der Waals surface area (Å²) in [5, 5.41) is 13.8. The molecule has 1 aromatic carbocycles. The lowest BCUT2D eigenvalue weighted by atomic mass is 9.94. The number of benzene rings is 1. The van der Waals surface area contributed by atoms with Gasteiger partial charge in [0.25, 0.3) is 0 Å². The van der Waals surface area contributed by atoms with E-state index in [-0.39, 0.29) is 114 Å². The van der Waals surface area contributed by atoms with Gasteiger partial charge in [-0.2, -0.15) is 0 Å². The minimum absolute atomic E-state index is 0.0128. The molecule has 0 aliphatic carbocycles. The summed E-state index contributed by atoms with van der Waals surface area (Å²) in [4.78, 5) is 107. The number of ketones is 7. The molecule has 0 bridgehead atoms. The number of hydrogen-bond acceptors (Lipinski definition) is 17. The summed E-state index contributed by atoms with van der Waals surface area (Å²) in [6.45, 7) is 4.38. The van der Waals surface area contributed by atoms with Crippen LogP contribution in [0.3, 0.4) is 0 Å². The SMILES string of the molecule is CC(C)C[C@@H]1NN[C@@H](Cc2ccccc2)C(=O)CNCC(=O)CC(F)N[C@@H](CCCN=C(N)N)C(=O)C(=O)[C@H](CCCN=C(N)N)NCN[C@@H](CCCN=C(N)N)C(=O)CC(C)CC(F)NCC(=O)CC1=O. The number of carbonyl (C=O) groups excluding carboxylic acids is 7. The Balaban J connectivity index is 2.50. The van der Waals surface area contributed by atoms with Crippen molar-refractivity contribution in [3.8, 4) is 0 Å². The summed E-state index contributed by atoms with van der Waals surface area (Å²) < 4.78 is 31.2. The molecule has 0 radical (unpaired) electrons. The van der Waals surface area contributed by atoms with Crippen molar-refractivity contribution in [3.05, 3.63) is 35.9 Å². The molecule has 0 amide bonds. The molecular weight excluding hydrogens is 939 g/mol. The van der Waals surface area contributed by atoms with Crippen molar-refractivity contribution < 1.29 is 42.3 Å². The number of carbonyl (C=O) groups is 7. The third kappa shape index (κ3) is 27.2. The van der Waals surface area contributed by atoms with Crippen LogP contribution in [0.25, 0.3) is 0 Å². The first-order valence-corrected chi connectivity index (χ1v) is 24.5. The molecule has 19 N–H and O–H groups in total. The summed E-state index contributed by atoms with van der Waals surface area (Å²) in [7, 11) is 0. The van der Waals surface area contributed by atoms with Crippen LogP contribution in [0.15, 0.2) is 45.3 Å². The van der Waals surface area contributed by atoms with Crippen LogP contribution in [-0.4, -0.2) is 147 Å². The monoisotopic (exact) mass is 1020 g/mol. The van der Waals surface area contributed by atoms with Gasteiger partial charge in [-0.3, -0.25) is 69.8 Å². The zero-order valence-corrected chi connectivity index (χ0v) is 41.9. The van der Waals surface area contributed by atoms with Crippen LogP contribution in [0.4, 0.5) is 8.78 Å². The quantitative estimate of drug-likeness (QED) is 0.0214. The fraction of sp³-hybridized carbons (Fsp3) is 0.660. The Morgan fingerprint density at radius 1 is 0.611 bits per heavy atom. The highest BCUT2D eigenvalue weighted by Crippen LogP contribution is 2.16. The number of rotatable bonds is 16. The maximum Gasteiger partial charge on any atom is 0.216 e. The molecule has 1 aliphatic rings. The summed E-state index contributed by atoms with van der Waals surface area (Å²) in [6.07, 6.45) is -3.97. The number of Topliss-reactive ketones (excluding diaryl/α,β-unsaturated/α-hetero) is 7. The fourth-order valence-electron chi connectivity index (χ4n) is 7.80. The normalized spacial score (nSPS) is 25.2. The van der Waals surface area contributed by atoms with Gasteiger partial charge < -0.3 is 39.7 Å². The molecular formula is C47H80F2N16O7. The zero-order chi connectivity index (χ0) is 53.6. The smallest absolute Gasteiger partial charge is 0.216 e. The number of guanidine groups is 3. The van der Waals surface area contributed by atoms with Crippen LogP contribution in [0, 0.1) is 11.8 Å². The van der Waals surface area contributed by atoms with Crippen LogP contribution >= 0.6 is 0 Å². The molecule has 1 heterocycles. The highest BCUT2D eigenvalue weighted by Gasteiger charge is 2.33. The first-order valence-electron chi connectivity index (χ1n) is 24.5. The second-order valence-corrected chi connectivity index (χ2v) is 18.5. The maximum atomic E-state index is 15.8. The Morgan fingerprint density at radius 3 is 1.74 bits per heavy atom. The number of hydrazine groups is 1. The van der Waals surface area contributed by atoms with Gasteiger partial charge in [0.15, 0.2) is 53.6 Å². The molecule has 1 fully saturated rings. The zero-order valence-electron chi connectivity index (χ0n) is 41.9. The third-order valence-corrected chi connectivity index (χ3v) is 11.5. The topological polar surface area (TPSA) is 397 Å². The summed E-state index contributed by atoms with van der Waals surface area (Å²) in [5.74, 6) is -5.43. The predicted molar refractivity (Wildman–Crippen MR) is 272 cm³/mol. The van der Waals surface area contributed by atoms with Gasteiger partial charge in [0.05, 0.1) is 62.7 Å². The van der Waals surface area contributed by atoms with Crippen molar-refractivity contribution in [1.29, 1.82) is 0 Å². The van der Waals surface area contributed by atoms with Gasteiger partial charge >= 0.3 is 0 Å². The molecule has 2 rings (SSSR count). The summed E-state index contributed by atoms with van der Waals surface area (Å²) in [5.41, 5.74) is 39.6. The van der Waals surface area contributed by atoms with E-state index in [2.05, 4.69) is 52.4 Å². The molecule has 0 spiro atoms. The highest BCUT2D eigenvalue weighted by atomic mass is 19.1. The fourth-order valence-corrected chi connectivity index (χ4v) is 7.80. The predicted octanol–water partition coefficient (Wildman–Crippen LogP) is -1.94. The van der Waals surface area contributed by atoms with E-state index in [0.29, 0.717) is 12.8 Å². The van der Waals surface area contributed by atoms with Gasteiger partial charge in [-0.1, -0.05) is 51.1 Å². The van der Waals surface area contributed by atoms with Crippen molar-refractivity contribution >= 4 is 58.4 Å². The summed E-state index contributed by atoms with van der Waals surface area (Å²) >= 11 is 0. The number of halogens is 2. The standard InChI is InChI=1S/C47H80F2N16O7/c1-28(2)18-36-39(69)22-31(66)25-60-41(48)20-29(3)19-38(68)33(12-7-15-57-45(50)51)61-27-62-34(13-8-16-58-46(52)53)43(71)44(72)35(14-9-17-59-47(54)55)63-42(49)23-32(67)24-56-26-40(70)37(65-64-36)21-30-10-5-4-6-11-30/h4-6,10-11,28-29,33-37,41-42,56,60-65H,7-9,12-27H2,1-3H3,(H4,50,51,57)(H4,52,53,58)(H4,54,55,59)/t29?,33-,34-,35-,36-,37-,41?,42?/m0/s1. The average molecular weight is 1020 g/mol. The number of nitrogens with two attached hydrogens (primary N) is 6. The third-order valence-electron chi connectivity index (χ3n) is 11.5. The van der Waals surface area contributed by atoms with Crippen molar-refractivity contribution in [1.82, 2.24) is 37.4 Å². The largest absolute Gasteiger partial charge is 0.370 e. The number of nitrogens with one attached hydrogen (secondary N) is 7. The van der Waals surface area contributed by atoms with E-state index in [0.717, 1.165) is 5.56 Å². The van der Waals surface area contributed by atoms with E-state index in [9.17, 15) is 33.6 Å². The Morgan fingerprint density at radius 2 is 1.15 bits per heavy atom. The second-order valence-electron chi connectivity index (χ2n) is 18.5. The minimum atomic E-state index is -2.11. The molecule has 0 saturated carbocycles. The van der Waals surface area contributed by atoms with Gasteiger partial charge in [0, 0.05) is 32.7 Å². The molecule has 23 nitrogen and oxygen atoms in total. The van der Waals surface area contributed by atoms with Crippen molar-refractivity contribution in [3.63, 3.8) is 0 Å². The number of nitrogens with zero attached hydrogens (tertiary/aromatic N) is 3. The van der Waals surface area contributed by atoms with Gasteiger partial charge in [-0.05, 0) is 75.2 Å². The molecule has 3 unspecified atom stereocenters. The van der Waals surface area contributed by atoms with E-state index in [1.807, 2.05) is 32.0 Å². The molecule has 404 valence electrons. The van der Waals surface area contributed by atoms with E-state index in [1.165, 1.54) is 0 Å². The Labute approximate surface area is 420 Å². The van der Waals surface area contributed by atoms with Crippen LogP contribution in [0.5, 0.6) is 0 Å². The lowest BCUT2D eigenvalue weighted by Gasteiger charge is -2.25. The molecule has 72 heavy (non-hydrogen) atoms. The van der Waals surface area contributed by atoms with E-state index in [4.69, 9.17) is 34.4 Å². The van der Waals surface area contributed by atoms with Gasteiger partial charge in [-0.15, -0.1) is 0 Å². The van der Waals surface area contributed by atoms with E-state index < -0.39 is 109 Å². The Bertz CT molecular complexity index is 1970. The second kappa shape index (κ2) is 34.6. The molecule has 1 saturated heterocycles. The van der Waals surface area contributed by atoms with E-state index >= 15 is 8.78 Å². The number of hydrogen-bond donors (Lipinski definition) is 13. The maximum absolute atomic E-state index is 15.8. The van der Waals surface area contributed by atoms with Crippen molar-refractivity contribution in [2.45, 2.75) is 141 Å². The molecule has 8 atom stereocenters. The van der Waals surface area contributed by atoms with E-state index in [1.54, 1.807) is 19.1 Å². The van der Waals surface area contributed by atoms with Gasteiger partial charge in [-0.25, -0.2) is 19.6 Å². The molecule has 1 aromatic rings. The van der Waals surface area contributed by atoms with Crippen LogP contribution in [0.2, 0.25) is 0 Å². The summed E-state index contributed by atoms with van der Waals surface area (Å²) in [6, 6.07) is 3.72. The Hall–Kier alpha value is -5.70. The van der Waals surface area contributed by atoms with Gasteiger partial charge in [0.1, 0.15) is 5.78 Å². The van der Waals surface area contributed by atoms with Crippen molar-refractivity contribution in [2.75, 3.05) is 45.9 Å². The Kier molecular flexibility index (Phi) is 30.0. The minimum Gasteiger partial charge on any atom is -0.370 e. The molecule has 1 aliphatic heterocycles. The first kappa shape index (κ1) is 62.4. The lowest BCUT2D eigenvalue weighted by Crippen LogP contribution is -2.55. The molecule has 25 heteroatoms. The molecule has 0 aromatic heterocycles. The van der Waals surface area contributed by atoms with Crippen LogP contribution in [0.1, 0.15) is 97.0 Å². The lowest BCUT2D eigenvalue weighted by molar-refractivity contribution is -0.139. The van der Waals surface area contributed by atoms with Gasteiger partial charge in [0.2, 0.25) is 11.6 Å². The first-order chi connectivity index (χ1) is 34.1. The van der Waals surface area contributed by atoms with Crippen LogP contribution in [-0.2, 0) is 40.0 Å². The average Bonchev–Trinajstić information content (AvgIpc) is 3.30. The highest BCUT2D eigenvalue weighted by molar-refractivity contribution is 6.41.